The second kappa shape index (κ2) is 10.5. The Morgan fingerprint density at radius 3 is 2.21 bits per heavy atom. The first kappa shape index (κ1) is 28.4. The molecular formula is C26H28ClF3N2O5S. The molecule has 2 aliphatic carbocycles. The molecule has 0 heterocycles. The summed E-state index contributed by atoms with van der Waals surface area (Å²) in [6.07, 6.45) is 1.55. The molecule has 0 radical (unpaired) electrons. The predicted octanol–water partition coefficient (Wildman–Crippen LogP) is 4.48. The summed E-state index contributed by atoms with van der Waals surface area (Å²) >= 11 is 6.23. The summed E-state index contributed by atoms with van der Waals surface area (Å²) in [4.78, 5) is 24.5. The van der Waals surface area contributed by atoms with Gasteiger partial charge in [-0.1, -0.05) is 25.4 Å². The van der Waals surface area contributed by atoms with Gasteiger partial charge in [0.25, 0.3) is 5.91 Å². The molecule has 2 bridgehead atoms. The number of hydrogen-bond acceptors (Lipinski definition) is 5. The number of hydrogen-bond donors (Lipinski definition) is 3. The molecule has 3 N–H and O–H groups in total. The van der Waals surface area contributed by atoms with Gasteiger partial charge in [-0.15, -0.1) is 0 Å². The summed E-state index contributed by atoms with van der Waals surface area (Å²) in [6, 6.07) is 4.80. The van der Waals surface area contributed by atoms with Crippen LogP contribution in [0.2, 0.25) is 5.02 Å². The maximum Gasteiger partial charge on any atom is 0.255 e. The highest BCUT2D eigenvalue weighted by molar-refractivity contribution is 7.92. The summed E-state index contributed by atoms with van der Waals surface area (Å²) in [5, 5.41) is 15.4. The van der Waals surface area contributed by atoms with Gasteiger partial charge in [-0.05, 0) is 55.7 Å². The lowest BCUT2D eigenvalue weighted by atomic mass is 9.74. The number of nitrogens with one attached hydrogen (secondary N) is 2. The molecule has 2 aromatic carbocycles. The molecule has 0 saturated heterocycles. The average molecular weight is 573 g/mol. The van der Waals surface area contributed by atoms with E-state index in [4.69, 9.17) is 11.6 Å². The van der Waals surface area contributed by atoms with Crippen LogP contribution in [0.5, 0.6) is 0 Å². The molecule has 7 nitrogen and oxygen atoms in total. The van der Waals surface area contributed by atoms with Gasteiger partial charge in [0.15, 0.2) is 27.3 Å². The highest BCUT2D eigenvalue weighted by Gasteiger charge is 2.55. The molecule has 0 aliphatic heterocycles. The van der Waals surface area contributed by atoms with E-state index in [1.165, 1.54) is 12.1 Å². The Labute approximate surface area is 223 Å². The van der Waals surface area contributed by atoms with Crippen molar-refractivity contribution in [2.45, 2.75) is 55.3 Å². The number of carbonyl (C=O) groups is 2. The van der Waals surface area contributed by atoms with Crippen molar-refractivity contribution in [3.05, 3.63) is 58.4 Å². The third-order valence-electron chi connectivity index (χ3n) is 7.62. The lowest BCUT2D eigenvalue weighted by Gasteiger charge is -2.42. The van der Waals surface area contributed by atoms with Crippen molar-refractivity contribution in [1.29, 1.82) is 0 Å². The van der Waals surface area contributed by atoms with Gasteiger partial charge in [-0.25, -0.2) is 21.6 Å². The van der Waals surface area contributed by atoms with Crippen LogP contribution in [-0.2, 0) is 14.6 Å². The highest BCUT2D eigenvalue weighted by atomic mass is 35.5. The smallest absolute Gasteiger partial charge is 0.255 e. The summed E-state index contributed by atoms with van der Waals surface area (Å²) in [5.74, 6) is -6.67. The van der Waals surface area contributed by atoms with E-state index in [2.05, 4.69) is 10.6 Å². The zero-order valence-electron chi connectivity index (χ0n) is 20.7. The molecule has 206 valence electrons. The quantitative estimate of drug-likeness (QED) is 0.424. The Morgan fingerprint density at radius 1 is 1.08 bits per heavy atom. The normalized spacial score (nSPS) is 24.9. The monoisotopic (exact) mass is 572 g/mol. The van der Waals surface area contributed by atoms with Crippen molar-refractivity contribution in [2.24, 2.45) is 17.8 Å². The van der Waals surface area contributed by atoms with E-state index in [9.17, 15) is 36.3 Å². The fourth-order valence-corrected chi connectivity index (χ4v) is 7.86. The second-order valence-electron chi connectivity index (χ2n) is 10.3. The van der Waals surface area contributed by atoms with E-state index in [1.54, 1.807) is 13.8 Å². The molecular weight excluding hydrogens is 545 g/mol. The third kappa shape index (κ3) is 5.28. The molecule has 0 spiro atoms. The summed E-state index contributed by atoms with van der Waals surface area (Å²) < 4.78 is 67.5. The first-order chi connectivity index (χ1) is 17.7. The molecule has 0 aromatic heterocycles. The zero-order chi connectivity index (χ0) is 28.0. The minimum atomic E-state index is -4.04. The van der Waals surface area contributed by atoms with E-state index in [1.807, 2.05) is 0 Å². The van der Waals surface area contributed by atoms with Gasteiger partial charge in [-0.3, -0.25) is 9.59 Å². The summed E-state index contributed by atoms with van der Waals surface area (Å²) in [6.45, 7) is 3.53. The van der Waals surface area contributed by atoms with Crippen molar-refractivity contribution >= 4 is 38.9 Å². The topological polar surface area (TPSA) is 113 Å². The number of rotatable bonds is 7. The Hall–Kier alpha value is -2.63. The number of amides is 2. The van der Waals surface area contributed by atoms with Gasteiger partial charge in [0, 0.05) is 35.8 Å². The molecule has 2 fully saturated rings. The molecule has 4 atom stereocenters. The minimum Gasteiger partial charge on any atom is -0.387 e. The number of fused-ring (bicyclic) bond motifs is 2. The van der Waals surface area contributed by atoms with Crippen LogP contribution in [0.3, 0.4) is 0 Å². The van der Waals surface area contributed by atoms with Gasteiger partial charge in [-0.2, -0.15) is 0 Å². The van der Waals surface area contributed by atoms with E-state index >= 15 is 0 Å². The molecule has 2 aliphatic rings. The Balaban J connectivity index is 1.54. The van der Waals surface area contributed by atoms with Gasteiger partial charge >= 0.3 is 0 Å². The third-order valence-corrected chi connectivity index (χ3v) is 10.3. The maximum atomic E-state index is 13.6. The number of carbonyl (C=O) groups excluding carboxylic acids is 2. The largest absolute Gasteiger partial charge is 0.387 e. The molecule has 4 rings (SSSR count). The van der Waals surface area contributed by atoms with E-state index in [0.29, 0.717) is 25.0 Å². The standard InChI is InChI=1S/C26H28ClF3N2O5S/c1-13(2)24(33)31-12-26(35)15-4-5-16(26)9-18(8-15)38(36,37)22-7-14(3-6-19(22)27)25(34)32-17-10-20(28)23(30)21(29)11-17/h3,6-7,10-11,13,15-16,18,35H,4-5,8-9,12H2,1-2H3,(H,31,33)(H,32,34)/t15-,16?,18?,26?/m0/s1. The Bertz CT molecular complexity index is 1350. The van der Waals surface area contributed by atoms with Gasteiger partial charge in [0.05, 0.1) is 20.8 Å². The van der Waals surface area contributed by atoms with Crippen molar-refractivity contribution in [3.63, 3.8) is 0 Å². The molecule has 2 amide bonds. The number of aliphatic hydroxyl groups is 1. The molecule has 3 unspecified atom stereocenters. The SMILES string of the molecule is CC(C)C(=O)NCC1(O)C2CC[C@H]1CC(S(=O)(=O)c1cc(C(=O)Nc3cc(F)c(F)c(F)c3)ccc1Cl)C2. The Morgan fingerprint density at radius 2 is 1.66 bits per heavy atom. The van der Waals surface area contributed by atoms with Crippen LogP contribution >= 0.6 is 11.6 Å². The van der Waals surface area contributed by atoms with Crippen LogP contribution < -0.4 is 10.6 Å². The number of sulfone groups is 1. The fraction of sp³-hybridized carbons (Fsp3) is 0.462. The number of halogens is 4. The van der Waals surface area contributed by atoms with Crippen LogP contribution in [0.15, 0.2) is 35.2 Å². The van der Waals surface area contributed by atoms with Gasteiger partial charge in [0.2, 0.25) is 5.91 Å². The maximum absolute atomic E-state index is 13.6. The van der Waals surface area contributed by atoms with Crippen LogP contribution in [-0.4, -0.2) is 42.7 Å². The van der Waals surface area contributed by atoms with Crippen molar-refractivity contribution in [3.8, 4) is 0 Å². The van der Waals surface area contributed by atoms with Crippen molar-refractivity contribution < 1.29 is 36.3 Å². The zero-order valence-corrected chi connectivity index (χ0v) is 22.3. The lowest BCUT2D eigenvalue weighted by Crippen LogP contribution is -2.55. The van der Waals surface area contributed by atoms with Crippen LogP contribution in [0.25, 0.3) is 0 Å². The highest BCUT2D eigenvalue weighted by Crippen LogP contribution is 2.52. The molecule has 2 saturated carbocycles. The predicted molar refractivity (Wildman–Crippen MR) is 135 cm³/mol. The average Bonchev–Trinajstić information content (AvgIpc) is 3.01. The first-order valence-electron chi connectivity index (χ1n) is 12.2. The van der Waals surface area contributed by atoms with Crippen molar-refractivity contribution in [2.75, 3.05) is 11.9 Å². The summed E-state index contributed by atoms with van der Waals surface area (Å²) in [5.41, 5.74) is -1.69. The van der Waals surface area contributed by atoms with Crippen LogP contribution in [0.1, 0.15) is 49.9 Å². The van der Waals surface area contributed by atoms with Crippen LogP contribution in [0, 0.1) is 35.2 Å². The van der Waals surface area contributed by atoms with E-state index in [0.717, 1.165) is 6.07 Å². The van der Waals surface area contributed by atoms with Crippen LogP contribution in [0.4, 0.5) is 18.9 Å². The number of benzene rings is 2. The van der Waals surface area contributed by atoms with E-state index < -0.39 is 44.0 Å². The number of anilines is 1. The van der Waals surface area contributed by atoms with Gasteiger partial charge in [0.1, 0.15) is 0 Å². The first-order valence-corrected chi connectivity index (χ1v) is 14.2. The molecule has 2 aromatic rings. The Kier molecular flexibility index (Phi) is 7.84. The molecule has 38 heavy (non-hydrogen) atoms. The minimum absolute atomic E-state index is 0.0487. The van der Waals surface area contributed by atoms with Gasteiger partial charge < -0.3 is 15.7 Å². The van der Waals surface area contributed by atoms with Crippen molar-refractivity contribution in [1.82, 2.24) is 5.32 Å². The second-order valence-corrected chi connectivity index (χ2v) is 12.9. The summed E-state index contributed by atoms with van der Waals surface area (Å²) in [7, 11) is -4.04. The van der Waals surface area contributed by atoms with E-state index in [-0.39, 0.29) is 64.2 Å². The fourth-order valence-electron chi connectivity index (χ4n) is 5.46. The molecule has 12 heteroatoms. The lowest BCUT2D eigenvalue weighted by molar-refractivity contribution is -0.127.